The van der Waals surface area contributed by atoms with Gasteiger partial charge in [0.15, 0.2) is 0 Å². The lowest BCUT2D eigenvalue weighted by atomic mass is 10.00. The summed E-state index contributed by atoms with van der Waals surface area (Å²) >= 11 is 0. The first-order chi connectivity index (χ1) is 9.20. The molecule has 0 radical (unpaired) electrons. The van der Waals surface area contributed by atoms with Crippen LogP contribution < -0.4 is 4.74 Å². The minimum absolute atomic E-state index is 0.608. The van der Waals surface area contributed by atoms with Gasteiger partial charge in [-0.2, -0.15) is 0 Å². The molecule has 0 amide bonds. The smallest absolute Gasteiger partial charge is 0.120 e. The first-order valence-corrected chi connectivity index (χ1v) is 6.66. The molecule has 0 saturated carbocycles. The summed E-state index contributed by atoms with van der Waals surface area (Å²) in [5.74, 6) is 0.922. The van der Waals surface area contributed by atoms with Crippen LogP contribution in [0.4, 0.5) is 0 Å². The van der Waals surface area contributed by atoms with Gasteiger partial charge in [-0.05, 0) is 42.2 Å². The highest BCUT2D eigenvalue weighted by Gasteiger charge is 2.04. The van der Waals surface area contributed by atoms with E-state index in [0.29, 0.717) is 6.61 Å². The van der Waals surface area contributed by atoms with E-state index in [1.807, 2.05) is 31.2 Å². The third-order valence-corrected chi connectivity index (χ3v) is 3.17. The van der Waals surface area contributed by atoms with Gasteiger partial charge in [0.1, 0.15) is 12.4 Å². The van der Waals surface area contributed by atoms with Crippen LogP contribution >= 0.6 is 0 Å². The Labute approximate surface area is 115 Å². The number of rotatable bonds is 5. The van der Waals surface area contributed by atoms with Crippen molar-refractivity contribution in [1.82, 2.24) is 0 Å². The lowest BCUT2D eigenvalue weighted by Crippen LogP contribution is -1.97. The van der Waals surface area contributed by atoms with Crippen molar-refractivity contribution in [3.05, 3.63) is 71.8 Å². The number of allylic oxidation sites excluding steroid dienone is 1. The van der Waals surface area contributed by atoms with Gasteiger partial charge >= 0.3 is 0 Å². The number of aryl methyl sites for hydroxylation is 1. The zero-order valence-corrected chi connectivity index (χ0v) is 11.6. The number of hydrogen-bond donors (Lipinski definition) is 0. The maximum Gasteiger partial charge on any atom is 0.120 e. The molecular formula is C18H20O. The Morgan fingerprint density at radius 2 is 1.84 bits per heavy atom. The van der Waals surface area contributed by atoms with Crippen molar-refractivity contribution in [3.63, 3.8) is 0 Å². The highest BCUT2D eigenvalue weighted by atomic mass is 16.5. The molecule has 0 aliphatic rings. The third kappa shape index (κ3) is 3.47. The molecule has 0 N–H and O–H groups in total. The first kappa shape index (κ1) is 13.4. The quantitative estimate of drug-likeness (QED) is 0.738. The molecule has 0 aromatic heterocycles. The fourth-order valence-corrected chi connectivity index (χ4v) is 2.11. The maximum atomic E-state index is 5.84. The van der Waals surface area contributed by atoms with E-state index in [2.05, 4.69) is 37.8 Å². The molecule has 0 aliphatic heterocycles. The predicted octanol–water partition coefficient (Wildman–Crippen LogP) is 4.86. The zero-order chi connectivity index (χ0) is 13.7. The van der Waals surface area contributed by atoms with Gasteiger partial charge in [0, 0.05) is 0 Å². The topological polar surface area (TPSA) is 9.23 Å². The largest absolute Gasteiger partial charge is 0.489 e. The van der Waals surface area contributed by atoms with Crippen LogP contribution in [0.3, 0.4) is 0 Å². The van der Waals surface area contributed by atoms with Gasteiger partial charge in [0.25, 0.3) is 0 Å². The summed E-state index contributed by atoms with van der Waals surface area (Å²) in [6, 6.07) is 16.5. The number of hydrogen-bond acceptors (Lipinski definition) is 1. The lowest BCUT2D eigenvalue weighted by molar-refractivity contribution is 0.306. The van der Waals surface area contributed by atoms with Crippen molar-refractivity contribution in [2.24, 2.45) is 0 Å². The van der Waals surface area contributed by atoms with E-state index in [4.69, 9.17) is 4.74 Å². The van der Waals surface area contributed by atoms with E-state index in [-0.39, 0.29) is 0 Å². The van der Waals surface area contributed by atoms with Gasteiger partial charge in [0.05, 0.1) is 0 Å². The van der Waals surface area contributed by atoms with Crippen LogP contribution in [0.1, 0.15) is 30.5 Å². The van der Waals surface area contributed by atoms with Crippen molar-refractivity contribution < 1.29 is 4.74 Å². The molecule has 2 aromatic carbocycles. The predicted molar refractivity (Wildman–Crippen MR) is 81.3 cm³/mol. The van der Waals surface area contributed by atoms with Gasteiger partial charge in [-0.15, -0.1) is 0 Å². The van der Waals surface area contributed by atoms with Gasteiger partial charge in [0.2, 0.25) is 0 Å². The van der Waals surface area contributed by atoms with E-state index >= 15 is 0 Å². The Morgan fingerprint density at radius 3 is 2.47 bits per heavy atom. The van der Waals surface area contributed by atoms with E-state index in [1.165, 1.54) is 16.7 Å². The summed E-state index contributed by atoms with van der Waals surface area (Å²) in [4.78, 5) is 0. The van der Waals surface area contributed by atoms with E-state index in [1.54, 1.807) is 0 Å². The highest BCUT2D eigenvalue weighted by molar-refractivity contribution is 5.65. The Kier molecular flexibility index (Phi) is 4.40. The minimum atomic E-state index is 0.608. The van der Waals surface area contributed by atoms with Crippen LogP contribution in [-0.4, -0.2) is 0 Å². The molecule has 0 heterocycles. The fraction of sp³-hybridized carbons (Fsp3) is 0.222. The molecule has 0 fully saturated rings. The summed E-state index contributed by atoms with van der Waals surface area (Å²) in [6.07, 6.45) is 0.991. The van der Waals surface area contributed by atoms with Gasteiger partial charge < -0.3 is 4.74 Å². The first-order valence-electron chi connectivity index (χ1n) is 6.66. The second-order valence-electron chi connectivity index (χ2n) is 4.73. The highest BCUT2D eigenvalue weighted by Crippen LogP contribution is 2.24. The van der Waals surface area contributed by atoms with Crippen LogP contribution in [0.25, 0.3) is 5.57 Å². The Morgan fingerprint density at radius 1 is 1.11 bits per heavy atom. The van der Waals surface area contributed by atoms with E-state index < -0.39 is 0 Å². The van der Waals surface area contributed by atoms with Gasteiger partial charge in [-0.3, -0.25) is 0 Å². The summed E-state index contributed by atoms with van der Waals surface area (Å²) in [5.41, 5.74) is 4.81. The minimum Gasteiger partial charge on any atom is -0.489 e. The number of benzene rings is 2. The molecule has 1 nitrogen and oxygen atoms in total. The monoisotopic (exact) mass is 252 g/mol. The molecule has 0 bridgehead atoms. The van der Waals surface area contributed by atoms with Crippen LogP contribution in [0, 0.1) is 0 Å². The molecule has 1 heteroatoms. The molecule has 0 aliphatic carbocycles. The van der Waals surface area contributed by atoms with Crippen molar-refractivity contribution >= 4 is 5.57 Å². The van der Waals surface area contributed by atoms with Crippen molar-refractivity contribution in [1.29, 1.82) is 0 Å². The second kappa shape index (κ2) is 6.24. The normalized spacial score (nSPS) is 10.2. The molecule has 2 aromatic rings. The average Bonchev–Trinajstić information content (AvgIpc) is 2.45. The number of ether oxygens (including phenoxy) is 1. The average molecular weight is 252 g/mol. The Bertz CT molecular complexity index is 555. The van der Waals surface area contributed by atoms with Crippen LogP contribution in [0.15, 0.2) is 55.1 Å². The third-order valence-electron chi connectivity index (χ3n) is 3.17. The van der Waals surface area contributed by atoms with Crippen molar-refractivity contribution in [3.8, 4) is 5.75 Å². The van der Waals surface area contributed by atoms with E-state index in [0.717, 1.165) is 17.7 Å². The Balaban J connectivity index is 2.11. The Hall–Kier alpha value is -2.02. The van der Waals surface area contributed by atoms with E-state index in [9.17, 15) is 0 Å². The fourth-order valence-electron chi connectivity index (χ4n) is 2.11. The van der Waals surface area contributed by atoms with Crippen molar-refractivity contribution in [2.45, 2.75) is 26.9 Å². The summed E-state index contributed by atoms with van der Waals surface area (Å²) in [5, 5.41) is 0. The van der Waals surface area contributed by atoms with Crippen LogP contribution in [-0.2, 0) is 13.0 Å². The lowest BCUT2D eigenvalue weighted by Gasteiger charge is -2.11. The van der Waals surface area contributed by atoms with Crippen LogP contribution in [0.2, 0.25) is 0 Å². The summed E-state index contributed by atoms with van der Waals surface area (Å²) in [6.45, 7) is 8.82. The van der Waals surface area contributed by atoms with Gasteiger partial charge in [-0.1, -0.05) is 55.5 Å². The molecule has 2 rings (SSSR count). The van der Waals surface area contributed by atoms with Crippen molar-refractivity contribution in [2.75, 3.05) is 0 Å². The molecule has 0 spiro atoms. The molecule has 98 valence electrons. The SMILES string of the molecule is C=C(C)c1ccc(OCc2ccccc2)cc1CC. The van der Waals surface area contributed by atoms with Crippen LogP contribution in [0.5, 0.6) is 5.75 Å². The van der Waals surface area contributed by atoms with Gasteiger partial charge in [-0.25, -0.2) is 0 Å². The standard InChI is InChI=1S/C18H20O/c1-4-16-12-17(10-11-18(16)14(2)3)19-13-15-8-6-5-7-9-15/h5-12H,2,4,13H2,1,3H3. The molecule has 19 heavy (non-hydrogen) atoms. The zero-order valence-electron chi connectivity index (χ0n) is 11.6. The second-order valence-corrected chi connectivity index (χ2v) is 4.73. The molecule has 0 atom stereocenters. The maximum absolute atomic E-state index is 5.84. The molecule has 0 saturated heterocycles. The summed E-state index contributed by atoms with van der Waals surface area (Å²) < 4.78 is 5.84. The summed E-state index contributed by atoms with van der Waals surface area (Å²) in [7, 11) is 0. The molecule has 0 unspecified atom stereocenters. The molecular weight excluding hydrogens is 232 g/mol.